The maximum atomic E-state index is 6.39. The van der Waals surface area contributed by atoms with E-state index in [9.17, 15) is 0 Å². The highest BCUT2D eigenvalue weighted by atomic mass is 35.5. The summed E-state index contributed by atoms with van der Waals surface area (Å²) in [6, 6.07) is 16.0. The van der Waals surface area contributed by atoms with Gasteiger partial charge in [-0.15, -0.1) is 0 Å². The number of nitrogens with zero attached hydrogens (tertiary/aromatic N) is 2. The summed E-state index contributed by atoms with van der Waals surface area (Å²) >= 11 is 6.15. The van der Waals surface area contributed by atoms with Crippen LogP contribution in [0.2, 0.25) is 5.02 Å². The summed E-state index contributed by atoms with van der Waals surface area (Å²) in [7, 11) is 0. The molecule has 0 fully saturated rings. The third kappa shape index (κ3) is 2.67. The van der Waals surface area contributed by atoms with E-state index in [4.69, 9.17) is 17.3 Å². The fourth-order valence-electron chi connectivity index (χ4n) is 2.73. The highest BCUT2D eigenvalue weighted by Crippen LogP contribution is 2.28. The molecule has 0 aliphatic heterocycles. The first-order valence-electron chi connectivity index (χ1n) is 7.13. The van der Waals surface area contributed by atoms with Crippen molar-refractivity contribution in [1.29, 1.82) is 0 Å². The third-order valence-electron chi connectivity index (χ3n) is 3.85. The van der Waals surface area contributed by atoms with Crippen LogP contribution < -0.4 is 5.73 Å². The summed E-state index contributed by atoms with van der Waals surface area (Å²) in [5, 5.41) is 0.727. The average molecular weight is 300 g/mol. The van der Waals surface area contributed by atoms with Crippen LogP contribution in [-0.4, -0.2) is 15.6 Å². The molecule has 3 nitrogen and oxygen atoms in total. The van der Waals surface area contributed by atoms with Crippen molar-refractivity contribution in [3.8, 4) is 0 Å². The molecule has 0 aliphatic rings. The molecule has 21 heavy (non-hydrogen) atoms. The van der Waals surface area contributed by atoms with E-state index >= 15 is 0 Å². The minimum absolute atomic E-state index is 0.000993. The molecule has 0 spiro atoms. The van der Waals surface area contributed by atoms with Crippen LogP contribution in [0.4, 0.5) is 0 Å². The zero-order valence-corrected chi connectivity index (χ0v) is 12.7. The molecule has 1 heterocycles. The van der Waals surface area contributed by atoms with Crippen molar-refractivity contribution in [3.05, 3.63) is 65.4 Å². The minimum Gasteiger partial charge on any atom is -0.326 e. The first kappa shape index (κ1) is 14.1. The number of aromatic nitrogens is 2. The Morgan fingerprint density at radius 3 is 2.76 bits per heavy atom. The van der Waals surface area contributed by atoms with Crippen LogP contribution in [0.5, 0.6) is 0 Å². The van der Waals surface area contributed by atoms with E-state index in [-0.39, 0.29) is 12.1 Å². The molecule has 4 heteroatoms. The van der Waals surface area contributed by atoms with Crippen LogP contribution in [-0.2, 0) is 0 Å². The number of para-hydroxylation sites is 2. The van der Waals surface area contributed by atoms with E-state index in [0.717, 1.165) is 28.0 Å². The quantitative estimate of drug-likeness (QED) is 0.791. The number of imidazole rings is 1. The number of rotatable bonds is 4. The van der Waals surface area contributed by atoms with Gasteiger partial charge >= 0.3 is 0 Å². The minimum atomic E-state index is 0.000993. The van der Waals surface area contributed by atoms with Gasteiger partial charge in [-0.25, -0.2) is 4.98 Å². The van der Waals surface area contributed by atoms with Crippen molar-refractivity contribution in [3.63, 3.8) is 0 Å². The van der Waals surface area contributed by atoms with Gasteiger partial charge in [0, 0.05) is 11.1 Å². The normalized spacial score (nSPS) is 14.2. The van der Waals surface area contributed by atoms with Crippen LogP contribution in [0.1, 0.15) is 24.9 Å². The Bertz CT molecular complexity index is 750. The molecule has 3 rings (SSSR count). The summed E-state index contributed by atoms with van der Waals surface area (Å²) in [5.41, 5.74) is 9.57. The Hall–Kier alpha value is -1.84. The fraction of sp³-hybridized carbons (Fsp3) is 0.235. The summed E-state index contributed by atoms with van der Waals surface area (Å²) in [4.78, 5) is 4.48. The lowest BCUT2D eigenvalue weighted by Crippen LogP contribution is -2.32. The number of fused-ring (bicyclic) bond motifs is 1. The van der Waals surface area contributed by atoms with E-state index < -0.39 is 0 Å². The molecule has 2 atom stereocenters. The van der Waals surface area contributed by atoms with Gasteiger partial charge in [-0.05, 0) is 36.2 Å². The maximum Gasteiger partial charge on any atom is 0.0964 e. The molecule has 0 radical (unpaired) electrons. The Balaban J connectivity index is 2.16. The predicted molar refractivity (Wildman–Crippen MR) is 87.6 cm³/mol. The maximum absolute atomic E-state index is 6.39. The van der Waals surface area contributed by atoms with E-state index in [0.29, 0.717) is 0 Å². The molecular weight excluding hydrogens is 282 g/mol. The highest BCUT2D eigenvalue weighted by molar-refractivity contribution is 6.30. The topological polar surface area (TPSA) is 43.8 Å². The van der Waals surface area contributed by atoms with Gasteiger partial charge in [-0.2, -0.15) is 0 Å². The van der Waals surface area contributed by atoms with Gasteiger partial charge in [-0.1, -0.05) is 42.8 Å². The van der Waals surface area contributed by atoms with Gasteiger partial charge < -0.3 is 10.3 Å². The van der Waals surface area contributed by atoms with E-state index in [1.54, 1.807) is 0 Å². The lowest BCUT2D eigenvalue weighted by atomic mass is 9.97. The van der Waals surface area contributed by atoms with Crippen molar-refractivity contribution in [2.24, 2.45) is 5.73 Å². The molecule has 0 amide bonds. The predicted octanol–water partition coefficient (Wildman–Crippen LogP) is 4.02. The van der Waals surface area contributed by atoms with E-state index in [2.05, 4.69) is 28.6 Å². The largest absolute Gasteiger partial charge is 0.326 e. The standard InChI is InChI=1S/C17H18ClN3/c1-2-14(19)17(12-6-5-7-13(18)10-12)21-11-20-15-8-3-4-9-16(15)21/h3-11,14,17H,2,19H2,1H3. The van der Waals surface area contributed by atoms with Crippen molar-refractivity contribution in [1.82, 2.24) is 9.55 Å². The smallest absolute Gasteiger partial charge is 0.0964 e. The molecule has 0 aliphatic carbocycles. The monoisotopic (exact) mass is 299 g/mol. The first-order chi connectivity index (χ1) is 10.2. The molecule has 3 aromatic rings. The van der Waals surface area contributed by atoms with Gasteiger partial charge in [0.1, 0.15) is 0 Å². The molecule has 108 valence electrons. The van der Waals surface area contributed by atoms with Crippen LogP contribution in [0, 0.1) is 0 Å². The molecule has 2 unspecified atom stereocenters. The Kier molecular flexibility index (Phi) is 3.95. The SMILES string of the molecule is CCC(N)C(c1cccc(Cl)c1)n1cnc2ccccc21. The number of hydrogen-bond acceptors (Lipinski definition) is 2. The number of benzene rings is 2. The molecule has 0 saturated carbocycles. The second-order valence-corrected chi connectivity index (χ2v) is 5.65. The molecule has 0 bridgehead atoms. The van der Waals surface area contributed by atoms with Gasteiger partial charge in [0.15, 0.2) is 0 Å². The average Bonchev–Trinajstić information content (AvgIpc) is 2.91. The molecule has 2 N–H and O–H groups in total. The van der Waals surface area contributed by atoms with Gasteiger partial charge in [0.05, 0.1) is 23.4 Å². The first-order valence-corrected chi connectivity index (χ1v) is 7.51. The second-order valence-electron chi connectivity index (χ2n) is 5.21. The fourth-order valence-corrected chi connectivity index (χ4v) is 2.93. The molecule has 0 saturated heterocycles. The van der Waals surface area contributed by atoms with Gasteiger partial charge in [0.25, 0.3) is 0 Å². The van der Waals surface area contributed by atoms with Crippen molar-refractivity contribution in [2.75, 3.05) is 0 Å². The molecule has 2 aromatic carbocycles. The van der Waals surface area contributed by atoms with E-state index in [1.807, 2.05) is 42.7 Å². The summed E-state index contributed by atoms with van der Waals surface area (Å²) < 4.78 is 2.15. The summed E-state index contributed by atoms with van der Waals surface area (Å²) in [6.07, 6.45) is 2.75. The lowest BCUT2D eigenvalue weighted by molar-refractivity contribution is 0.467. The zero-order valence-electron chi connectivity index (χ0n) is 11.9. The third-order valence-corrected chi connectivity index (χ3v) is 4.08. The van der Waals surface area contributed by atoms with Gasteiger partial charge in [0.2, 0.25) is 0 Å². The van der Waals surface area contributed by atoms with Crippen LogP contribution in [0.25, 0.3) is 11.0 Å². The van der Waals surface area contributed by atoms with Crippen molar-refractivity contribution < 1.29 is 0 Å². The Morgan fingerprint density at radius 1 is 1.19 bits per heavy atom. The second kappa shape index (κ2) is 5.88. The Labute approximate surface area is 129 Å². The number of nitrogens with two attached hydrogens (primary N) is 1. The number of hydrogen-bond donors (Lipinski definition) is 1. The van der Waals surface area contributed by atoms with Crippen LogP contribution in [0.15, 0.2) is 54.9 Å². The van der Waals surface area contributed by atoms with Crippen LogP contribution >= 0.6 is 11.6 Å². The van der Waals surface area contributed by atoms with Gasteiger partial charge in [-0.3, -0.25) is 0 Å². The van der Waals surface area contributed by atoms with Crippen LogP contribution in [0.3, 0.4) is 0 Å². The van der Waals surface area contributed by atoms with Crippen molar-refractivity contribution >= 4 is 22.6 Å². The summed E-state index contributed by atoms with van der Waals surface area (Å²) in [6.45, 7) is 2.10. The summed E-state index contributed by atoms with van der Waals surface area (Å²) in [5.74, 6) is 0. The Morgan fingerprint density at radius 2 is 2.00 bits per heavy atom. The highest BCUT2D eigenvalue weighted by Gasteiger charge is 2.22. The van der Waals surface area contributed by atoms with Crippen molar-refractivity contribution in [2.45, 2.75) is 25.4 Å². The lowest BCUT2D eigenvalue weighted by Gasteiger charge is -2.25. The van der Waals surface area contributed by atoms with E-state index in [1.165, 1.54) is 0 Å². The molecule has 1 aromatic heterocycles. The zero-order chi connectivity index (χ0) is 14.8. The number of halogens is 1. The molecular formula is C17H18ClN3.